The average molecular weight is 380 g/mol. The van der Waals surface area contributed by atoms with Crippen LogP contribution in [0.1, 0.15) is 22.3 Å². The number of rotatable bonds is 6. The van der Waals surface area contributed by atoms with Gasteiger partial charge in [0.25, 0.3) is 0 Å². The van der Waals surface area contributed by atoms with Gasteiger partial charge in [-0.05, 0) is 30.7 Å². The zero-order valence-electron chi connectivity index (χ0n) is 17.4. The Labute approximate surface area is 169 Å². The number of aliphatic imine (C=N–C) groups is 1. The molecule has 2 N–H and O–H groups in total. The van der Waals surface area contributed by atoms with E-state index in [2.05, 4.69) is 87.9 Å². The number of aryl methyl sites for hydroxylation is 1. The Morgan fingerprint density at radius 2 is 1.54 bits per heavy atom. The van der Waals surface area contributed by atoms with Gasteiger partial charge in [0, 0.05) is 52.9 Å². The Kier molecular flexibility index (Phi) is 7.46. The number of nitrogens with zero attached hydrogens (tertiary/aromatic N) is 3. The first-order valence-electron chi connectivity index (χ1n) is 10.1. The maximum Gasteiger partial charge on any atom is 0.191 e. The minimum absolute atomic E-state index is 0.766. The van der Waals surface area contributed by atoms with E-state index < -0.39 is 0 Å². The molecule has 5 heteroatoms. The van der Waals surface area contributed by atoms with Crippen LogP contribution in [0.5, 0.6) is 0 Å². The molecule has 1 aliphatic rings. The van der Waals surface area contributed by atoms with Crippen molar-refractivity contribution in [3.63, 3.8) is 0 Å². The van der Waals surface area contributed by atoms with Gasteiger partial charge in [-0.15, -0.1) is 0 Å². The van der Waals surface area contributed by atoms with Crippen LogP contribution < -0.4 is 10.6 Å². The highest BCUT2D eigenvalue weighted by Gasteiger charge is 2.13. The quantitative estimate of drug-likeness (QED) is 0.598. The van der Waals surface area contributed by atoms with Crippen LogP contribution in [-0.2, 0) is 19.6 Å². The van der Waals surface area contributed by atoms with Gasteiger partial charge >= 0.3 is 0 Å². The predicted molar refractivity (Wildman–Crippen MR) is 117 cm³/mol. The smallest absolute Gasteiger partial charge is 0.191 e. The molecule has 2 aromatic carbocycles. The average Bonchev–Trinajstić information content (AvgIpc) is 2.71. The van der Waals surface area contributed by atoms with Crippen molar-refractivity contribution in [3.8, 4) is 0 Å². The summed E-state index contributed by atoms with van der Waals surface area (Å²) < 4.78 is 0. The van der Waals surface area contributed by atoms with Crippen molar-refractivity contribution in [2.75, 3.05) is 40.3 Å². The molecule has 1 saturated heterocycles. The normalized spacial score (nSPS) is 16.2. The molecule has 1 heterocycles. The summed E-state index contributed by atoms with van der Waals surface area (Å²) in [7, 11) is 4.01. The Bertz CT molecular complexity index is 761. The summed E-state index contributed by atoms with van der Waals surface area (Å²) in [5.74, 6) is 0.822. The van der Waals surface area contributed by atoms with E-state index >= 15 is 0 Å². The van der Waals surface area contributed by atoms with Gasteiger partial charge in [-0.1, -0.05) is 54.1 Å². The molecule has 0 bridgehead atoms. The van der Waals surface area contributed by atoms with Crippen LogP contribution in [0, 0.1) is 6.92 Å². The van der Waals surface area contributed by atoms with Crippen LogP contribution in [0.3, 0.4) is 0 Å². The molecule has 0 saturated carbocycles. The fraction of sp³-hybridized carbons (Fsp3) is 0.435. The molecule has 0 aliphatic carbocycles. The first kappa shape index (κ1) is 20.4. The molecule has 150 valence electrons. The molecular formula is C23H33N5. The summed E-state index contributed by atoms with van der Waals surface area (Å²) in [5, 5.41) is 6.78. The fourth-order valence-corrected chi connectivity index (χ4v) is 3.44. The van der Waals surface area contributed by atoms with Crippen molar-refractivity contribution >= 4 is 5.96 Å². The maximum absolute atomic E-state index is 4.33. The third-order valence-electron chi connectivity index (χ3n) is 5.25. The summed E-state index contributed by atoms with van der Waals surface area (Å²) in [6.07, 6.45) is 0. The zero-order valence-corrected chi connectivity index (χ0v) is 17.4. The molecule has 3 rings (SSSR count). The van der Waals surface area contributed by atoms with Gasteiger partial charge < -0.3 is 15.5 Å². The molecule has 28 heavy (non-hydrogen) atoms. The minimum Gasteiger partial charge on any atom is -0.352 e. The largest absolute Gasteiger partial charge is 0.352 e. The van der Waals surface area contributed by atoms with Gasteiger partial charge in [-0.2, -0.15) is 0 Å². The van der Waals surface area contributed by atoms with Crippen LogP contribution in [0.25, 0.3) is 0 Å². The van der Waals surface area contributed by atoms with Crippen molar-refractivity contribution in [3.05, 3.63) is 70.8 Å². The molecule has 0 atom stereocenters. The summed E-state index contributed by atoms with van der Waals surface area (Å²) in [4.78, 5) is 9.25. The molecule has 1 fully saturated rings. The highest BCUT2D eigenvalue weighted by molar-refractivity contribution is 5.79. The van der Waals surface area contributed by atoms with E-state index in [1.54, 1.807) is 0 Å². The molecule has 0 spiro atoms. The lowest BCUT2D eigenvalue weighted by Crippen LogP contribution is -2.43. The van der Waals surface area contributed by atoms with Crippen molar-refractivity contribution in [2.45, 2.75) is 26.6 Å². The second-order valence-corrected chi connectivity index (χ2v) is 7.66. The number of hydrogen-bond acceptors (Lipinski definition) is 3. The first-order chi connectivity index (χ1) is 13.6. The van der Waals surface area contributed by atoms with Crippen LogP contribution in [-0.4, -0.2) is 56.0 Å². The molecule has 0 amide bonds. The topological polar surface area (TPSA) is 42.9 Å². The molecule has 0 unspecified atom stereocenters. The summed E-state index contributed by atoms with van der Waals surface area (Å²) in [6, 6.07) is 17.5. The van der Waals surface area contributed by atoms with E-state index in [4.69, 9.17) is 0 Å². The monoisotopic (exact) mass is 379 g/mol. The predicted octanol–water partition coefficient (Wildman–Crippen LogP) is 2.61. The third-order valence-corrected chi connectivity index (χ3v) is 5.25. The first-order valence-corrected chi connectivity index (χ1v) is 10.1. The van der Waals surface area contributed by atoms with Gasteiger partial charge in [-0.3, -0.25) is 9.89 Å². The van der Waals surface area contributed by atoms with E-state index in [1.165, 1.54) is 22.3 Å². The highest BCUT2D eigenvalue weighted by atomic mass is 15.2. The van der Waals surface area contributed by atoms with Crippen LogP contribution in [0.2, 0.25) is 0 Å². The van der Waals surface area contributed by atoms with E-state index in [1.807, 2.05) is 7.05 Å². The second-order valence-electron chi connectivity index (χ2n) is 7.66. The molecule has 2 aromatic rings. The number of likely N-dealkylation sites (N-methyl/N-ethyl adjacent to an activating group) is 1. The van der Waals surface area contributed by atoms with Crippen molar-refractivity contribution in [1.29, 1.82) is 0 Å². The van der Waals surface area contributed by atoms with Gasteiger partial charge in [0.05, 0.1) is 0 Å². The van der Waals surface area contributed by atoms with Crippen LogP contribution in [0.4, 0.5) is 0 Å². The number of guanidine groups is 1. The minimum atomic E-state index is 0.766. The second kappa shape index (κ2) is 10.2. The van der Waals surface area contributed by atoms with Crippen molar-refractivity contribution < 1.29 is 0 Å². The lowest BCUT2D eigenvalue weighted by Gasteiger charge is -2.32. The summed E-state index contributed by atoms with van der Waals surface area (Å²) >= 11 is 0. The van der Waals surface area contributed by atoms with Crippen LogP contribution in [0.15, 0.2) is 53.5 Å². The highest BCUT2D eigenvalue weighted by Crippen LogP contribution is 2.10. The Balaban J connectivity index is 1.44. The van der Waals surface area contributed by atoms with Crippen molar-refractivity contribution in [1.82, 2.24) is 20.4 Å². The maximum atomic E-state index is 4.33. The molecular weight excluding hydrogens is 346 g/mol. The number of hydrogen-bond donors (Lipinski definition) is 2. The van der Waals surface area contributed by atoms with E-state index in [0.29, 0.717) is 0 Å². The van der Waals surface area contributed by atoms with Crippen LogP contribution >= 0.6 is 0 Å². The molecule has 0 radical (unpaired) electrons. The lowest BCUT2D eigenvalue weighted by atomic mass is 10.1. The lowest BCUT2D eigenvalue weighted by molar-refractivity contribution is 0.148. The third kappa shape index (κ3) is 6.36. The fourth-order valence-electron chi connectivity index (χ4n) is 3.44. The van der Waals surface area contributed by atoms with Gasteiger partial charge in [0.15, 0.2) is 5.96 Å². The van der Waals surface area contributed by atoms with E-state index in [0.717, 1.165) is 51.8 Å². The summed E-state index contributed by atoms with van der Waals surface area (Å²) in [6.45, 7) is 9.33. The van der Waals surface area contributed by atoms with E-state index in [9.17, 15) is 0 Å². The Hall–Kier alpha value is -2.37. The SMILES string of the molecule is CN=C(NCc1ccc(CN2CCN(C)CC2)cc1)NCc1cccc(C)c1. The van der Waals surface area contributed by atoms with Crippen molar-refractivity contribution in [2.24, 2.45) is 4.99 Å². The number of nitrogens with one attached hydrogen (secondary N) is 2. The molecule has 1 aliphatic heterocycles. The Morgan fingerprint density at radius 3 is 2.18 bits per heavy atom. The Morgan fingerprint density at radius 1 is 0.893 bits per heavy atom. The van der Waals surface area contributed by atoms with Gasteiger partial charge in [-0.25, -0.2) is 0 Å². The zero-order chi connectivity index (χ0) is 19.8. The summed E-state index contributed by atoms with van der Waals surface area (Å²) in [5.41, 5.74) is 5.19. The molecule has 5 nitrogen and oxygen atoms in total. The standard InChI is InChI=1S/C23H33N5/c1-19-5-4-6-22(15-19)17-26-23(24-2)25-16-20-7-9-21(10-8-20)18-28-13-11-27(3)12-14-28/h4-10,15H,11-14,16-18H2,1-3H3,(H2,24,25,26). The van der Waals surface area contributed by atoms with Gasteiger partial charge in [0.1, 0.15) is 0 Å². The van der Waals surface area contributed by atoms with Gasteiger partial charge in [0.2, 0.25) is 0 Å². The number of piperazine rings is 1. The van der Waals surface area contributed by atoms with E-state index in [-0.39, 0.29) is 0 Å². The number of benzene rings is 2. The molecule has 0 aromatic heterocycles.